The van der Waals surface area contributed by atoms with Gasteiger partial charge in [-0.1, -0.05) is 0 Å². The first-order valence-electron chi connectivity index (χ1n) is 3.62. The molecular formula is C7H6ClNO5S. The highest BCUT2D eigenvalue weighted by Gasteiger charge is 2.17. The zero-order valence-electron chi connectivity index (χ0n) is 7.51. The van der Waals surface area contributed by atoms with Gasteiger partial charge in [-0.15, -0.1) is 0 Å². The normalized spacial score (nSPS) is 11.1. The number of benzene rings is 1. The maximum Gasteiger partial charge on any atom is 0.274 e. The minimum absolute atomic E-state index is 0.0587. The molecule has 1 rings (SSSR count). The summed E-state index contributed by atoms with van der Waals surface area (Å²) in [5.41, 5.74) is -0.395. The summed E-state index contributed by atoms with van der Waals surface area (Å²) in [6.07, 6.45) is 0. The second-order valence-corrected chi connectivity index (χ2v) is 5.13. The number of hydrogen-bond acceptors (Lipinski definition) is 5. The lowest BCUT2D eigenvalue weighted by molar-refractivity contribution is -0.385. The zero-order valence-corrected chi connectivity index (χ0v) is 9.08. The molecule has 1 aromatic rings. The Balaban J connectivity index is 3.43. The van der Waals surface area contributed by atoms with Gasteiger partial charge in [-0.05, 0) is 0 Å². The molecule has 0 saturated carbocycles. The molecule has 0 aliphatic rings. The number of nitro groups is 1. The summed E-state index contributed by atoms with van der Waals surface area (Å²) in [5.74, 6) is 0.0587. The Morgan fingerprint density at radius 2 is 2.00 bits per heavy atom. The summed E-state index contributed by atoms with van der Waals surface area (Å²) in [5, 5.41) is 10.5. The van der Waals surface area contributed by atoms with Gasteiger partial charge in [0.1, 0.15) is 5.75 Å². The van der Waals surface area contributed by atoms with Crippen LogP contribution in [-0.2, 0) is 9.05 Å². The molecule has 0 heterocycles. The summed E-state index contributed by atoms with van der Waals surface area (Å²) >= 11 is 0. The minimum atomic E-state index is -4.00. The molecule has 0 unspecified atom stereocenters. The molecule has 0 aromatic heterocycles. The molecule has 0 bridgehead atoms. The van der Waals surface area contributed by atoms with Crippen LogP contribution in [0.5, 0.6) is 5.75 Å². The number of non-ortho nitro benzene ring substituents is 1. The molecule has 0 N–H and O–H groups in total. The molecular weight excluding hydrogens is 246 g/mol. The van der Waals surface area contributed by atoms with E-state index < -0.39 is 19.7 Å². The van der Waals surface area contributed by atoms with Crippen LogP contribution in [0, 0.1) is 10.1 Å². The van der Waals surface area contributed by atoms with Gasteiger partial charge >= 0.3 is 0 Å². The van der Waals surface area contributed by atoms with Crippen LogP contribution in [-0.4, -0.2) is 20.5 Å². The smallest absolute Gasteiger partial charge is 0.274 e. The van der Waals surface area contributed by atoms with Crippen LogP contribution in [0.4, 0.5) is 5.69 Å². The number of hydrogen-bond donors (Lipinski definition) is 0. The Hall–Kier alpha value is -1.34. The molecule has 1 aromatic carbocycles. The first-order chi connectivity index (χ1) is 6.84. The maximum atomic E-state index is 11.0. The zero-order chi connectivity index (χ0) is 11.6. The Morgan fingerprint density at radius 3 is 2.40 bits per heavy atom. The summed E-state index contributed by atoms with van der Waals surface area (Å²) in [7, 11) is 2.32. The van der Waals surface area contributed by atoms with Crippen molar-refractivity contribution in [1.29, 1.82) is 0 Å². The van der Waals surface area contributed by atoms with E-state index in [4.69, 9.17) is 15.4 Å². The number of methoxy groups -OCH3 is 1. The van der Waals surface area contributed by atoms with Crippen LogP contribution in [0.15, 0.2) is 23.1 Å². The monoisotopic (exact) mass is 251 g/mol. The van der Waals surface area contributed by atoms with Crippen molar-refractivity contribution >= 4 is 25.4 Å². The van der Waals surface area contributed by atoms with E-state index in [1.54, 1.807) is 0 Å². The van der Waals surface area contributed by atoms with Crippen LogP contribution in [0.25, 0.3) is 0 Å². The Labute approximate surface area is 90.0 Å². The Morgan fingerprint density at radius 1 is 1.40 bits per heavy atom. The fourth-order valence-electron chi connectivity index (χ4n) is 0.921. The van der Waals surface area contributed by atoms with E-state index in [-0.39, 0.29) is 10.6 Å². The second-order valence-electron chi connectivity index (χ2n) is 2.56. The van der Waals surface area contributed by atoms with Gasteiger partial charge in [0.25, 0.3) is 14.7 Å². The van der Waals surface area contributed by atoms with Gasteiger partial charge in [-0.25, -0.2) is 8.42 Å². The van der Waals surface area contributed by atoms with E-state index in [0.717, 1.165) is 18.2 Å². The number of halogens is 1. The maximum absolute atomic E-state index is 11.0. The van der Waals surface area contributed by atoms with E-state index >= 15 is 0 Å². The topological polar surface area (TPSA) is 86.5 Å². The van der Waals surface area contributed by atoms with Crippen LogP contribution < -0.4 is 4.74 Å². The van der Waals surface area contributed by atoms with Gasteiger partial charge in [0.15, 0.2) is 0 Å². The first-order valence-corrected chi connectivity index (χ1v) is 5.93. The fourth-order valence-corrected chi connectivity index (χ4v) is 1.71. The lowest BCUT2D eigenvalue weighted by Crippen LogP contribution is -1.96. The molecule has 0 aliphatic heterocycles. The Bertz CT molecular complexity index is 498. The SMILES string of the molecule is COc1cc([N+](=O)[O-])cc(S(=O)(=O)Cl)c1. The van der Waals surface area contributed by atoms with Crippen molar-refractivity contribution in [3.05, 3.63) is 28.3 Å². The van der Waals surface area contributed by atoms with Crippen molar-refractivity contribution in [3.8, 4) is 5.75 Å². The fraction of sp³-hybridized carbons (Fsp3) is 0.143. The van der Waals surface area contributed by atoms with Gasteiger partial charge in [0, 0.05) is 22.8 Å². The standard InChI is InChI=1S/C7H6ClNO5S/c1-14-6-2-5(9(10)11)3-7(4-6)15(8,12)13/h2-4H,1H3. The quantitative estimate of drug-likeness (QED) is 0.462. The van der Waals surface area contributed by atoms with Crippen LogP contribution in [0.2, 0.25) is 0 Å². The van der Waals surface area contributed by atoms with Gasteiger partial charge in [0.05, 0.1) is 23.0 Å². The summed E-state index contributed by atoms with van der Waals surface area (Å²) in [4.78, 5) is 9.37. The largest absolute Gasteiger partial charge is 0.496 e. The highest BCUT2D eigenvalue weighted by Crippen LogP contribution is 2.27. The average molecular weight is 252 g/mol. The van der Waals surface area contributed by atoms with Gasteiger partial charge in [-0.3, -0.25) is 10.1 Å². The van der Waals surface area contributed by atoms with E-state index in [1.807, 2.05) is 0 Å². The predicted octanol–water partition coefficient (Wildman–Crippen LogP) is 1.53. The van der Waals surface area contributed by atoms with Crippen molar-refractivity contribution in [2.75, 3.05) is 7.11 Å². The van der Waals surface area contributed by atoms with Gasteiger partial charge in [-0.2, -0.15) is 0 Å². The van der Waals surface area contributed by atoms with E-state index in [1.165, 1.54) is 7.11 Å². The number of nitrogens with zero attached hydrogens (tertiary/aromatic N) is 1. The number of rotatable bonds is 3. The minimum Gasteiger partial charge on any atom is -0.496 e. The Kier molecular flexibility index (Phi) is 3.15. The molecule has 8 heteroatoms. The van der Waals surface area contributed by atoms with Crippen molar-refractivity contribution in [2.45, 2.75) is 4.90 Å². The molecule has 6 nitrogen and oxygen atoms in total. The third-order valence-corrected chi connectivity index (χ3v) is 2.93. The molecule has 0 atom stereocenters. The molecule has 0 fully saturated rings. The number of nitro benzene ring substituents is 1. The lowest BCUT2D eigenvalue weighted by Gasteiger charge is -2.01. The lowest BCUT2D eigenvalue weighted by atomic mass is 10.3. The molecule has 0 aliphatic carbocycles. The summed E-state index contributed by atoms with van der Waals surface area (Å²) < 4.78 is 26.6. The number of ether oxygens (including phenoxy) is 1. The van der Waals surface area contributed by atoms with E-state index in [9.17, 15) is 18.5 Å². The van der Waals surface area contributed by atoms with Crippen molar-refractivity contribution < 1.29 is 18.1 Å². The predicted molar refractivity (Wildman–Crippen MR) is 52.7 cm³/mol. The molecule has 0 amide bonds. The van der Waals surface area contributed by atoms with Crippen molar-refractivity contribution in [2.24, 2.45) is 0 Å². The molecule has 82 valence electrons. The highest BCUT2D eigenvalue weighted by atomic mass is 35.7. The average Bonchev–Trinajstić information content (AvgIpc) is 2.15. The molecule has 0 radical (unpaired) electrons. The first kappa shape index (κ1) is 11.7. The van der Waals surface area contributed by atoms with Crippen molar-refractivity contribution in [3.63, 3.8) is 0 Å². The third-order valence-electron chi connectivity index (χ3n) is 1.59. The summed E-state index contributed by atoms with van der Waals surface area (Å²) in [6, 6.07) is 3.08. The highest BCUT2D eigenvalue weighted by molar-refractivity contribution is 8.13. The van der Waals surface area contributed by atoms with Crippen LogP contribution in [0.1, 0.15) is 0 Å². The van der Waals surface area contributed by atoms with E-state index in [2.05, 4.69) is 0 Å². The third kappa shape index (κ3) is 2.80. The van der Waals surface area contributed by atoms with Crippen LogP contribution in [0.3, 0.4) is 0 Å². The molecule has 0 spiro atoms. The second kappa shape index (κ2) is 4.03. The van der Waals surface area contributed by atoms with Gasteiger partial charge < -0.3 is 4.74 Å². The van der Waals surface area contributed by atoms with Crippen molar-refractivity contribution in [1.82, 2.24) is 0 Å². The van der Waals surface area contributed by atoms with E-state index in [0.29, 0.717) is 0 Å². The summed E-state index contributed by atoms with van der Waals surface area (Å²) in [6.45, 7) is 0. The molecule has 0 saturated heterocycles. The van der Waals surface area contributed by atoms with Gasteiger partial charge in [0.2, 0.25) is 0 Å². The van der Waals surface area contributed by atoms with Crippen LogP contribution >= 0.6 is 10.7 Å². The molecule has 15 heavy (non-hydrogen) atoms.